The van der Waals surface area contributed by atoms with E-state index < -0.39 is 0 Å². The molecule has 2 aromatic heterocycles. The van der Waals surface area contributed by atoms with Crippen LogP contribution in [0.4, 0.5) is 5.69 Å². The van der Waals surface area contributed by atoms with Gasteiger partial charge >= 0.3 is 0 Å². The maximum Gasteiger partial charge on any atom is 0.258 e. The van der Waals surface area contributed by atoms with Crippen molar-refractivity contribution < 1.29 is 4.74 Å². The van der Waals surface area contributed by atoms with Gasteiger partial charge in [-0.25, -0.2) is 0 Å². The van der Waals surface area contributed by atoms with Gasteiger partial charge in [0.05, 0.1) is 5.69 Å². The normalized spacial score (nSPS) is 13.8. The van der Waals surface area contributed by atoms with Gasteiger partial charge in [0.2, 0.25) is 0 Å². The first kappa shape index (κ1) is 21.8. The number of rotatable bonds is 9. The van der Waals surface area contributed by atoms with Crippen molar-refractivity contribution >= 4 is 11.9 Å². The molecule has 1 aromatic carbocycles. The average molecular weight is 432 g/mol. The molecule has 1 fully saturated rings. The number of benzene rings is 1. The first-order chi connectivity index (χ1) is 15.6. The number of nitrogens with zero attached hydrogens (tertiary/aromatic N) is 3. The fraction of sp³-hybridized carbons (Fsp3) is 0.320. The van der Waals surface area contributed by atoms with Crippen molar-refractivity contribution in [3.05, 3.63) is 82.0 Å². The molecule has 0 aliphatic carbocycles. The zero-order valence-corrected chi connectivity index (χ0v) is 18.4. The maximum atomic E-state index is 12.7. The fourth-order valence-electron chi connectivity index (χ4n) is 3.84. The van der Waals surface area contributed by atoms with E-state index in [1.807, 2.05) is 37.3 Å². The Balaban J connectivity index is 1.42. The van der Waals surface area contributed by atoms with Crippen LogP contribution >= 0.6 is 0 Å². The van der Waals surface area contributed by atoms with E-state index in [9.17, 15) is 4.79 Å². The third-order valence-electron chi connectivity index (χ3n) is 5.66. The number of anilines is 1. The number of hydrogen-bond acceptors (Lipinski definition) is 6. The summed E-state index contributed by atoms with van der Waals surface area (Å²) < 4.78 is 7.28. The van der Waals surface area contributed by atoms with E-state index in [2.05, 4.69) is 15.2 Å². The monoisotopic (exact) mass is 431 g/mol. The molecule has 1 aliphatic heterocycles. The summed E-state index contributed by atoms with van der Waals surface area (Å²) in [7, 11) is 0. The molecule has 0 radical (unpaired) electrons. The van der Waals surface area contributed by atoms with Crippen molar-refractivity contribution in [3.8, 4) is 11.4 Å². The van der Waals surface area contributed by atoms with Crippen molar-refractivity contribution in [2.75, 3.05) is 31.5 Å². The van der Waals surface area contributed by atoms with Gasteiger partial charge in [0.15, 0.2) is 0 Å². The van der Waals surface area contributed by atoms with Crippen molar-refractivity contribution in [1.82, 2.24) is 14.5 Å². The van der Waals surface area contributed by atoms with Crippen LogP contribution in [-0.4, -0.2) is 46.8 Å². The van der Waals surface area contributed by atoms with Gasteiger partial charge in [-0.1, -0.05) is 6.07 Å². The molecule has 166 valence electrons. The Morgan fingerprint density at radius 2 is 2.00 bits per heavy atom. The lowest BCUT2D eigenvalue weighted by Gasteiger charge is -2.17. The van der Waals surface area contributed by atoms with Gasteiger partial charge in [-0.15, -0.1) is 0 Å². The first-order valence-corrected chi connectivity index (χ1v) is 11.0. The highest BCUT2D eigenvalue weighted by molar-refractivity contribution is 5.86. The van der Waals surface area contributed by atoms with Crippen molar-refractivity contribution in [2.45, 2.75) is 26.4 Å². The van der Waals surface area contributed by atoms with Crippen LogP contribution in [0.25, 0.3) is 5.69 Å². The molecule has 2 N–H and O–H groups in total. The molecule has 0 amide bonds. The average Bonchev–Trinajstić information content (AvgIpc) is 3.33. The van der Waals surface area contributed by atoms with Crippen LogP contribution in [0, 0.1) is 12.3 Å². The quantitative estimate of drug-likeness (QED) is 0.506. The van der Waals surface area contributed by atoms with Gasteiger partial charge in [-0.3, -0.25) is 14.3 Å². The predicted molar refractivity (Wildman–Crippen MR) is 127 cm³/mol. The van der Waals surface area contributed by atoms with Crippen LogP contribution in [0.3, 0.4) is 0 Å². The van der Waals surface area contributed by atoms with E-state index in [-0.39, 0.29) is 5.56 Å². The molecule has 32 heavy (non-hydrogen) atoms. The van der Waals surface area contributed by atoms with Crippen LogP contribution in [-0.2, 0) is 6.61 Å². The highest BCUT2D eigenvalue weighted by Gasteiger charge is 2.11. The van der Waals surface area contributed by atoms with Crippen molar-refractivity contribution in [1.29, 1.82) is 5.41 Å². The van der Waals surface area contributed by atoms with Crippen LogP contribution in [0.15, 0.2) is 59.7 Å². The highest BCUT2D eigenvalue weighted by Crippen LogP contribution is 2.19. The van der Waals surface area contributed by atoms with E-state index in [4.69, 9.17) is 10.1 Å². The summed E-state index contributed by atoms with van der Waals surface area (Å²) in [5, 5.41) is 11.2. The Labute approximate surface area is 188 Å². The molecule has 0 unspecified atom stereocenters. The Morgan fingerprint density at radius 1 is 1.16 bits per heavy atom. The molecule has 4 rings (SSSR count). The second-order valence-electron chi connectivity index (χ2n) is 8.08. The summed E-state index contributed by atoms with van der Waals surface area (Å²) in [5.74, 6) is 0.501. The van der Waals surface area contributed by atoms with Gasteiger partial charge in [0, 0.05) is 54.7 Å². The smallest absolute Gasteiger partial charge is 0.258 e. The fourth-order valence-corrected chi connectivity index (χ4v) is 3.84. The minimum Gasteiger partial charge on any atom is -0.487 e. The summed E-state index contributed by atoms with van der Waals surface area (Å²) in [6, 6.07) is 12.8. The third-order valence-corrected chi connectivity index (χ3v) is 5.66. The summed E-state index contributed by atoms with van der Waals surface area (Å²) in [5.41, 5.74) is 4.08. The van der Waals surface area contributed by atoms with Crippen molar-refractivity contribution in [3.63, 3.8) is 0 Å². The van der Waals surface area contributed by atoms with Crippen molar-refractivity contribution in [2.24, 2.45) is 0 Å². The molecule has 7 heteroatoms. The molecule has 0 saturated carbocycles. The maximum absolute atomic E-state index is 12.7. The summed E-state index contributed by atoms with van der Waals surface area (Å²) >= 11 is 0. The van der Waals surface area contributed by atoms with Gasteiger partial charge in [0.25, 0.3) is 5.56 Å². The van der Waals surface area contributed by atoms with Gasteiger partial charge < -0.3 is 20.4 Å². The number of aryl methyl sites for hydroxylation is 1. The Kier molecular flexibility index (Phi) is 6.97. The highest BCUT2D eigenvalue weighted by atomic mass is 16.5. The van der Waals surface area contributed by atoms with Crippen LogP contribution < -0.4 is 15.6 Å². The van der Waals surface area contributed by atoms with Gasteiger partial charge in [-0.05, 0) is 68.8 Å². The Morgan fingerprint density at radius 3 is 2.72 bits per heavy atom. The van der Waals surface area contributed by atoms with Gasteiger partial charge in [-0.2, -0.15) is 0 Å². The SMILES string of the molecule is Cc1ccc(COc2ccn(-c3ccc(NCCN4CCCC4)c(C=N)c3)c(=O)c2)nc1. The minimum absolute atomic E-state index is 0.190. The van der Waals surface area contributed by atoms with Crippen LogP contribution in [0.1, 0.15) is 29.7 Å². The lowest BCUT2D eigenvalue weighted by molar-refractivity contribution is 0.300. The van der Waals surface area contributed by atoms with Crippen LogP contribution in [0.5, 0.6) is 5.75 Å². The van der Waals surface area contributed by atoms with Crippen LogP contribution in [0.2, 0.25) is 0 Å². The number of likely N-dealkylation sites (tertiary alicyclic amines) is 1. The van der Waals surface area contributed by atoms with Gasteiger partial charge in [0.1, 0.15) is 12.4 Å². The molecule has 1 aliphatic rings. The third kappa shape index (κ3) is 5.42. The van der Waals surface area contributed by atoms with E-state index in [1.165, 1.54) is 38.2 Å². The molecule has 0 bridgehead atoms. The summed E-state index contributed by atoms with van der Waals surface area (Å²) in [6.45, 7) is 6.46. The lowest BCUT2D eigenvalue weighted by Crippen LogP contribution is -2.26. The number of aromatic nitrogens is 2. The Bertz CT molecular complexity index is 1120. The molecular weight excluding hydrogens is 402 g/mol. The number of pyridine rings is 2. The lowest BCUT2D eigenvalue weighted by atomic mass is 10.1. The standard InChI is InChI=1S/C25H29N5O2/c1-19-4-5-21(28-17-19)18-32-23-8-12-30(25(31)15-23)22-6-7-24(20(14-22)16-26)27-9-13-29-10-2-3-11-29/h4-8,12,14-17,26-27H,2-3,9-11,13,18H2,1H3. The molecule has 7 nitrogen and oxygen atoms in total. The minimum atomic E-state index is -0.190. The second kappa shape index (κ2) is 10.2. The zero-order chi connectivity index (χ0) is 22.3. The van der Waals surface area contributed by atoms with E-state index in [1.54, 1.807) is 23.0 Å². The summed E-state index contributed by atoms with van der Waals surface area (Å²) in [4.78, 5) is 19.5. The Hall–Kier alpha value is -3.45. The van der Waals surface area contributed by atoms with E-state index in [0.29, 0.717) is 18.0 Å². The largest absolute Gasteiger partial charge is 0.487 e. The second-order valence-corrected chi connectivity index (χ2v) is 8.08. The number of ether oxygens (including phenoxy) is 1. The van der Waals surface area contributed by atoms with E-state index >= 15 is 0 Å². The molecule has 3 heterocycles. The predicted octanol–water partition coefficient (Wildman–Crippen LogP) is 3.63. The van der Waals surface area contributed by atoms with E-state index in [0.717, 1.165) is 35.6 Å². The zero-order valence-electron chi connectivity index (χ0n) is 18.4. The molecular formula is C25H29N5O2. The first-order valence-electron chi connectivity index (χ1n) is 11.0. The number of nitrogens with one attached hydrogen (secondary N) is 2. The molecule has 0 atom stereocenters. The summed E-state index contributed by atoms with van der Waals surface area (Å²) in [6.07, 6.45) is 7.37. The topological polar surface area (TPSA) is 83.2 Å². The molecule has 3 aromatic rings. The molecule has 0 spiro atoms. The number of hydrogen-bond donors (Lipinski definition) is 2. The molecule has 1 saturated heterocycles.